The van der Waals surface area contributed by atoms with Gasteiger partial charge in [-0.2, -0.15) is 0 Å². The summed E-state index contributed by atoms with van der Waals surface area (Å²) in [5.41, 5.74) is 0.901. The second-order valence-electron chi connectivity index (χ2n) is 2.77. The number of ether oxygens (including phenoxy) is 1. The van der Waals surface area contributed by atoms with Crippen LogP contribution in [0.3, 0.4) is 0 Å². The molecule has 0 fully saturated rings. The average Bonchev–Trinajstić information content (AvgIpc) is 2.20. The van der Waals surface area contributed by atoms with E-state index in [1.165, 1.54) is 13.3 Å². The molecule has 0 aliphatic carbocycles. The zero-order valence-corrected chi connectivity index (χ0v) is 8.19. The molecule has 0 saturated heterocycles. The molecule has 0 aliphatic heterocycles. The Bertz CT molecular complexity index is 354. The number of nitrogens with zero attached hydrogens (tertiary/aromatic N) is 1. The van der Waals surface area contributed by atoms with Gasteiger partial charge in [0.2, 0.25) is 5.88 Å². The number of carboxylic acid groups (broad SMARTS) is 1. The zero-order valence-electron chi connectivity index (χ0n) is 8.19. The van der Waals surface area contributed by atoms with Gasteiger partial charge in [-0.15, -0.1) is 0 Å². The summed E-state index contributed by atoms with van der Waals surface area (Å²) in [6.45, 7) is -0.0884. The molecule has 6 nitrogen and oxygen atoms in total. The molecule has 1 rings (SSSR count). The van der Waals surface area contributed by atoms with Crippen molar-refractivity contribution < 1.29 is 19.7 Å². The zero-order chi connectivity index (χ0) is 11.3. The number of amides is 1. The monoisotopic (exact) mass is 211 g/mol. The second-order valence-corrected chi connectivity index (χ2v) is 2.77. The van der Waals surface area contributed by atoms with Gasteiger partial charge in [-0.3, -0.25) is 0 Å². The summed E-state index contributed by atoms with van der Waals surface area (Å²) in [6, 6.07) is 1.56. The maximum Gasteiger partial charge on any atom is 0.213 e. The lowest BCUT2D eigenvalue weighted by Crippen LogP contribution is -2.29. The van der Waals surface area contributed by atoms with Gasteiger partial charge in [-0.25, -0.2) is 4.98 Å². The van der Waals surface area contributed by atoms with Crippen molar-refractivity contribution in [2.75, 3.05) is 19.0 Å². The van der Waals surface area contributed by atoms with Crippen LogP contribution in [-0.4, -0.2) is 29.9 Å². The van der Waals surface area contributed by atoms with Crippen LogP contribution in [0.25, 0.3) is 0 Å². The first kappa shape index (κ1) is 11.3. The predicted molar refractivity (Wildman–Crippen MR) is 50.6 cm³/mol. The molecule has 1 aromatic rings. The topological polar surface area (TPSA) is 94.5 Å². The third kappa shape index (κ3) is 3.10. The van der Waals surface area contributed by atoms with Crippen LogP contribution in [-0.2, 0) is 6.42 Å². The van der Waals surface area contributed by atoms with Crippen molar-refractivity contribution in [2.45, 2.75) is 6.42 Å². The largest absolute Gasteiger partial charge is 0.530 e. The smallest absolute Gasteiger partial charge is 0.213 e. The highest BCUT2D eigenvalue weighted by Gasteiger charge is 2.05. The highest BCUT2D eigenvalue weighted by atomic mass is 16.5. The molecule has 0 saturated carbocycles. The summed E-state index contributed by atoms with van der Waals surface area (Å²) in [4.78, 5) is 14.2. The van der Waals surface area contributed by atoms with Gasteiger partial charge in [0.1, 0.15) is 6.09 Å². The van der Waals surface area contributed by atoms with E-state index in [9.17, 15) is 9.90 Å². The Morgan fingerprint density at radius 1 is 1.73 bits per heavy atom. The minimum atomic E-state index is -1.42. The van der Waals surface area contributed by atoms with Gasteiger partial charge in [0, 0.05) is 12.7 Å². The van der Waals surface area contributed by atoms with Gasteiger partial charge in [-0.05, 0) is 12.0 Å². The fraction of sp³-hybridized carbons (Fsp3) is 0.333. The minimum absolute atomic E-state index is 0.0884. The highest BCUT2D eigenvalue weighted by Crippen LogP contribution is 2.19. The Balaban J connectivity index is 2.97. The summed E-state index contributed by atoms with van der Waals surface area (Å²) in [5.74, 6) is 0.363. The molecule has 0 atom stereocenters. The molecular weight excluding hydrogens is 200 g/mol. The van der Waals surface area contributed by atoms with Gasteiger partial charge in [0.15, 0.2) is 0 Å². The number of hydrogen-bond acceptors (Lipinski definition) is 5. The minimum Gasteiger partial charge on any atom is -0.530 e. The van der Waals surface area contributed by atoms with Gasteiger partial charge in [0.05, 0.1) is 19.0 Å². The Morgan fingerprint density at radius 2 is 2.47 bits per heavy atom. The fourth-order valence-electron chi connectivity index (χ4n) is 1.14. The number of carbonyl (C=O) groups is 1. The number of aliphatic hydroxyl groups excluding tert-OH is 1. The molecule has 6 heteroatoms. The molecule has 0 bridgehead atoms. The first-order chi connectivity index (χ1) is 7.17. The lowest BCUT2D eigenvalue weighted by Gasteiger charge is -2.12. The number of pyridine rings is 1. The summed E-state index contributed by atoms with van der Waals surface area (Å²) in [5, 5.41) is 21.2. The number of hydrogen-bond donors (Lipinski definition) is 2. The molecular formula is C9H11N2O4-. The maximum absolute atomic E-state index is 10.3. The average molecular weight is 211 g/mol. The summed E-state index contributed by atoms with van der Waals surface area (Å²) >= 11 is 0. The van der Waals surface area contributed by atoms with Crippen molar-refractivity contribution in [1.29, 1.82) is 0 Å². The summed E-state index contributed by atoms with van der Waals surface area (Å²) in [7, 11) is 1.46. The molecule has 2 N–H and O–H groups in total. The van der Waals surface area contributed by atoms with E-state index in [1.54, 1.807) is 6.07 Å². The Kier molecular flexibility index (Phi) is 3.87. The van der Waals surface area contributed by atoms with Gasteiger partial charge in [0.25, 0.3) is 0 Å². The third-order valence-corrected chi connectivity index (χ3v) is 1.79. The van der Waals surface area contributed by atoms with Crippen molar-refractivity contribution in [3.63, 3.8) is 0 Å². The Morgan fingerprint density at radius 3 is 3.00 bits per heavy atom. The normalized spacial score (nSPS) is 9.73. The van der Waals surface area contributed by atoms with Crippen molar-refractivity contribution in [3.05, 3.63) is 17.8 Å². The fourth-order valence-corrected chi connectivity index (χ4v) is 1.14. The highest BCUT2D eigenvalue weighted by molar-refractivity contribution is 5.82. The van der Waals surface area contributed by atoms with Crippen molar-refractivity contribution in [3.8, 4) is 5.88 Å². The van der Waals surface area contributed by atoms with E-state index in [-0.39, 0.29) is 6.61 Å². The lowest BCUT2D eigenvalue weighted by molar-refractivity contribution is -0.242. The first-order valence-electron chi connectivity index (χ1n) is 4.29. The number of rotatable bonds is 4. The van der Waals surface area contributed by atoms with Crippen LogP contribution in [0.4, 0.5) is 10.5 Å². The molecule has 0 spiro atoms. The van der Waals surface area contributed by atoms with E-state index < -0.39 is 6.09 Å². The van der Waals surface area contributed by atoms with Crippen LogP contribution in [0.15, 0.2) is 12.3 Å². The Hall–Kier alpha value is -1.82. The molecule has 1 aromatic heterocycles. The van der Waals surface area contributed by atoms with Gasteiger partial charge >= 0.3 is 0 Å². The second kappa shape index (κ2) is 5.16. The number of aliphatic hydroxyl groups is 1. The van der Waals surface area contributed by atoms with Gasteiger partial charge in [-0.1, -0.05) is 0 Å². The number of carbonyl (C=O) groups excluding carboxylic acids is 1. The standard InChI is InChI=1S/C9H12N2O4/c1-15-8-4-6(2-3-12)7(5-10-8)11-9(13)14/h4-5,11-12H,2-3H2,1H3,(H,13,14)/p-1. The molecule has 82 valence electrons. The molecule has 1 amide bonds. The van der Waals surface area contributed by atoms with Crippen LogP contribution in [0.2, 0.25) is 0 Å². The predicted octanol–water partition coefficient (Wildman–Crippen LogP) is -0.620. The van der Waals surface area contributed by atoms with E-state index >= 15 is 0 Å². The van der Waals surface area contributed by atoms with Crippen LogP contribution in [0, 0.1) is 0 Å². The van der Waals surface area contributed by atoms with Crippen LogP contribution in [0.5, 0.6) is 5.88 Å². The summed E-state index contributed by atoms with van der Waals surface area (Å²) < 4.78 is 4.88. The van der Waals surface area contributed by atoms with E-state index in [0.29, 0.717) is 23.6 Å². The van der Waals surface area contributed by atoms with Crippen molar-refractivity contribution >= 4 is 11.8 Å². The number of anilines is 1. The maximum atomic E-state index is 10.3. The van der Waals surface area contributed by atoms with E-state index in [2.05, 4.69) is 10.3 Å². The molecule has 0 aromatic carbocycles. The molecule has 15 heavy (non-hydrogen) atoms. The first-order valence-corrected chi connectivity index (χ1v) is 4.29. The lowest BCUT2D eigenvalue weighted by atomic mass is 10.1. The van der Waals surface area contributed by atoms with Crippen molar-refractivity contribution in [2.24, 2.45) is 0 Å². The van der Waals surface area contributed by atoms with Crippen LogP contribution >= 0.6 is 0 Å². The SMILES string of the molecule is COc1cc(CCO)c(NC(=O)[O-])cn1. The van der Waals surface area contributed by atoms with E-state index in [1.807, 2.05) is 0 Å². The van der Waals surface area contributed by atoms with Crippen LogP contribution < -0.4 is 15.2 Å². The van der Waals surface area contributed by atoms with E-state index in [4.69, 9.17) is 9.84 Å². The Labute approximate surface area is 86.5 Å². The quantitative estimate of drug-likeness (QED) is 0.692. The van der Waals surface area contributed by atoms with Crippen LogP contribution in [0.1, 0.15) is 5.56 Å². The molecule has 0 unspecified atom stereocenters. The molecule has 0 aliphatic rings. The summed E-state index contributed by atoms with van der Waals surface area (Å²) in [6.07, 6.45) is 0.217. The molecule has 1 heterocycles. The van der Waals surface area contributed by atoms with Gasteiger partial charge < -0.3 is 25.1 Å². The number of aromatic nitrogens is 1. The van der Waals surface area contributed by atoms with E-state index in [0.717, 1.165) is 0 Å². The number of nitrogens with one attached hydrogen (secondary N) is 1. The third-order valence-electron chi connectivity index (χ3n) is 1.79. The molecule has 0 radical (unpaired) electrons. The number of methoxy groups -OCH3 is 1. The van der Waals surface area contributed by atoms with Crippen molar-refractivity contribution in [1.82, 2.24) is 4.98 Å².